The Morgan fingerprint density at radius 1 is 0.944 bits per heavy atom. The molecule has 0 atom stereocenters. The van der Waals surface area contributed by atoms with Gasteiger partial charge in [-0.2, -0.15) is 5.10 Å². The number of anilines is 1. The number of carbonyl (C=O) groups is 2. The summed E-state index contributed by atoms with van der Waals surface area (Å²) in [5.74, 6) is 0.871. The van der Waals surface area contributed by atoms with Crippen molar-refractivity contribution in [2.45, 2.75) is 19.4 Å². The van der Waals surface area contributed by atoms with Crippen LogP contribution in [0.2, 0.25) is 0 Å². The SMILES string of the molecule is O=C(Cc1cccc(C(=O)N2CCN(c3cnccn3)CC2)c1)N1CCc2c(cnc3[nH]ncc23)C1. The number of fused-ring (bicyclic) bond motifs is 3. The summed E-state index contributed by atoms with van der Waals surface area (Å²) in [5, 5.41) is 8.02. The van der Waals surface area contributed by atoms with E-state index in [1.807, 2.05) is 40.3 Å². The predicted octanol–water partition coefficient (Wildman–Crippen LogP) is 1.84. The van der Waals surface area contributed by atoms with Crippen molar-refractivity contribution >= 4 is 28.7 Å². The lowest BCUT2D eigenvalue weighted by Crippen LogP contribution is -2.49. The molecule has 0 bridgehead atoms. The monoisotopic (exact) mass is 482 g/mol. The maximum absolute atomic E-state index is 13.2. The summed E-state index contributed by atoms with van der Waals surface area (Å²) < 4.78 is 0. The number of hydrogen-bond acceptors (Lipinski definition) is 7. The van der Waals surface area contributed by atoms with Gasteiger partial charge in [0.25, 0.3) is 5.91 Å². The van der Waals surface area contributed by atoms with Crippen LogP contribution < -0.4 is 4.90 Å². The van der Waals surface area contributed by atoms with Gasteiger partial charge in [-0.15, -0.1) is 0 Å². The summed E-state index contributed by atoms with van der Waals surface area (Å²) in [6.45, 7) is 3.84. The summed E-state index contributed by atoms with van der Waals surface area (Å²) in [5.41, 5.74) is 4.52. The van der Waals surface area contributed by atoms with Gasteiger partial charge in [0.15, 0.2) is 5.65 Å². The number of rotatable bonds is 4. The highest BCUT2D eigenvalue weighted by atomic mass is 16.2. The minimum absolute atomic E-state index is 0.00908. The van der Waals surface area contributed by atoms with E-state index >= 15 is 0 Å². The molecular weight excluding hydrogens is 456 g/mol. The van der Waals surface area contributed by atoms with E-state index < -0.39 is 0 Å². The van der Waals surface area contributed by atoms with Gasteiger partial charge in [0.2, 0.25) is 5.91 Å². The highest BCUT2D eigenvalue weighted by Gasteiger charge is 2.25. The molecule has 5 heterocycles. The molecule has 1 fully saturated rings. The number of aromatic nitrogens is 5. The number of H-pyrrole nitrogens is 1. The average molecular weight is 483 g/mol. The largest absolute Gasteiger partial charge is 0.352 e. The molecule has 4 aromatic rings. The number of aromatic amines is 1. The number of amides is 2. The second kappa shape index (κ2) is 9.37. The topological polar surface area (TPSA) is 111 Å². The molecule has 36 heavy (non-hydrogen) atoms. The highest BCUT2D eigenvalue weighted by Crippen LogP contribution is 2.25. The van der Waals surface area contributed by atoms with Crippen molar-refractivity contribution in [1.29, 1.82) is 0 Å². The summed E-state index contributed by atoms with van der Waals surface area (Å²) in [6, 6.07) is 7.44. The molecule has 0 spiro atoms. The average Bonchev–Trinajstić information content (AvgIpc) is 3.43. The third-order valence-corrected chi connectivity index (χ3v) is 7.00. The molecule has 1 aromatic carbocycles. The first-order valence-electron chi connectivity index (χ1n) is 12.1. The third kappa shape index (κ3) is 4.26. The number of nitrogens with zero attached hydrogens (tertiary/aromatic N) is 7. The Labute approximate surface area is 208 Å². The van der Waals surface area contributed by atoms with Crippen molar-refractivity contribution in [3.8, 4) is 0 Å². The summed E-state index contributed by atoms with van der Waals surface area (Å²) in [4.78, 5) is 45.1. The molecule has 2 amide bonds. The number of carbonyl (C=O) groups excluding carboxylic acids is 2. The van der Waals surface area contributed by atoms with Crippen molar-refractivity contribution < 1.29 is 9.59 Å². The van der Waals surface area contributed by atoms with Gasteiger partial charge in [0.1, 0.15) is 5.82 Å². The number of nitrogens with one attached hydrogen (secondary N) is 1. The van der Waals surface area contributed by atoms with E-state index in [9.17, 15) is 9.59 Å². The molecule has 0 radical (unpaired) electrons. The van der Waals surface area contributed by atoms with Crippen LogP contribution in [0.25, 0.3) is 11.0 Å². The zero-order chi connectivity index (χ0) is 24.5. The van der Waals surface area contributed by atoms with Crippen molar-refractivity contribution in [1.82, 2.24) is 34.9 Å². The quantitative estimate of drug-likeness (QED) is 0.472. The van der Waals surface area contributed by atoms with Crippen LogP contribution in [0.15, 0.2) is 55.2 Å². The van der Waals surface area contributed by atoms with E-state index in [4.69, 9.17) is 0 Å². The first-order chi connectivity index (χ1) is 17.7. The van der Waals surface area contributed by atoms with E-state index in [2.05, 4.69) is 30.0 Å². The Hall–Kier alpha value is -4.34. The number of pyridine rings is 1. The molecule has 0 saturated carbocycles. The lowest BCUT2D eigenvalue weighted by Gasteiger charge is -2.35. The van der Waals surface area contributed by atoms with Crippen molar-refractivity contribution in [3.05, 3.63) is 77.5 Å². The van der Waals surface area contributed by atoms with Crippen LogP contribution in [0.1, 0.15) is 27.0 Å². The molecule has 10 nitrogen and oxygen atoms in total. The minimum atomic E-state index is -0.00908. The standard InChI is InChI=1S/C26H26N8O2/c35-24(34-7-4-21-20(17-34)14-29-25-22(21)15-30-31-25)13-18-2-1-3-19(12-18)26(36)33-10-8-32(9-11-33)23-16-27-5-6-28-23/h1-3,5-6,12,14-16H,4,7-11,13,17H2,(H,29,30,31). The van der Waals surface area contributed by atoms with E-state index in [1.165, 1.54) is 5.56 Å². The Morgan fingerprint density at radius 3 is 2.67 bits per heavy atom. The van der Waals surface area contributed by atoms with Gasteiger partial charge < -0.3 is 14.7 Å². The fraction of sp³-hybridized carbons (Fsp3) is 0.308. The van der Waals surface area contributed by atoms with Crippen LogP contribution in [0, 0.1) is 0 Å². The van der Waals surface area contributed by atoms with Gasteiger partial charge in [-0.25, -0.2) is 9.97 Å². The fourth-order valence-corrected chi connectivity index (χ4v) is 5.04. The fourth-order valence-electron chi connectivity index (χ4n) is 5.04. The van der Waals surface area contributed by atoms with Crippen LogP contribution >= 0.6 is 0 Å². The molecule has 10 heteroatoms. The highest BCUT2D eigenvalue weighted by molar-refractivity contribution is 5.95. The first-order valence-corrected chi connectivity index (χ1v) is 12.1. The van der Waals surface area contributed by atoms with Crippen LogP contribution in [-0.4, -0.2) is 79.5 Å². The van der Waals surface area contributed by atoms with Gasteiger partial charge in [0, 0.05) is 68.8 Å². The number of piperazine rings is 1. The molecule has 1 saturated heterocycles. The van der Waals surface area contributed by atoms with Gasteiger partial charge in [-0.1, -0.05) is 12.1 Å². The normalized spacial score (nSPS) is 15.7. The van der Waals surface area contributed by atoms with Crippen molar-refractivity contribution in [2.24, 2.45) is 0 Å². The Bertz CT molecular complexity index is 1410. The van der Waals surface area contributed by atoms with Crippen LogP contribution in [0.4, 0.5) is 5.82 Å². The van der Waals surface area contributed by atoms with Crippen LogP contribution in [0.5, 0.6) is 0 Å². The zero-order valence-corrected chi connectivity index (χ0v) is 19.8. The van der Waals surface area contributed by atoms with Gasteiger partial charge in [-0.05, 0) is 35.2 Å². The molecule has 3 aromatic heterocycles. The molecule has 0 unspecified atom stereocenters. The Kier molecular flexibility index (Phi) is 5.76. The number of benzene rings is 1. The maximum atomic E-state index is 13.2. The van der Waals surface area contributed by atoms with Crippen molar-refractivity contribution in [3.63, 3.8) is 0 Å². The third-order valence-electron chi connectivity index (χ3n) is 7.00. The van der Waals surface area contributed by atoms with Crippen LogP contribution in [-0.2, 0) is 24.2 Å². The van der Waals surface area contributed by atoms with E-state index in [0.29, 0.717) is 44.8 Å². The summed E-state index contributed by atoms with van der Waals surface area (Å²) >= 11 is 0. The molecule has 0 aliphatic carbocycles. The second-order valence-electron chi connectivity index (χ2n) is 9.18. The van der Waals surface area contributed by atoms with E-state index in [1.54, 1.807) is 24.8 Å². The van der Waals surface area contributed by atoms with E-state index in [-0.39, 0.29) is 18.2 Å². The zero-order valence-electron chi connectivity index (χ0n) is 19.8. The molecule has 2 aliphatic rings. The first kappa shape index (κ1) is 22.1. The van der Waals surface area contributed by atoms with Gasteiger partial charge in [-0.3, -0.25) is 19.7 Å². The second-order valence-corrected chi connectivity index (χ2v) is 9.18. The lowest BCUT2D eigenvalue weighted by molar-refractivity contribution is -0.131. The minimum Gasteiger partial charge on any atom is -0.352 e. The Balaban J connectivity index is 1.09. The summed E-state index contributed by atoms with van der Waals surface area (Å²) in [7, 11) is 0. The molecule has 182 valence electrons. The smallest absolute Gasteiger partial charge is 0.253 e. The Morgan fingerprint density at radius 2 is 1.83 bits per heavy atom. The maximum Gasteiger partial charge on any atom is 0.253 e. The molecule has 1 N–H and O–H groups in total. The van der Waals surface area contributed by atoms with Crippen LogP contribution in [0.3, 0.4) is 0 Å². The molecule has 6 rings (SSSR count). The summed E-state index contributed by atoms with van der Waals surface area (Å²) in [6.07, 6.45) is 9.75. The lowest BCUT2D eigenvalue weighted by atomic mass is 9.98. The van der Waals surface area contributed by atoms with Crippen molar-refractivity contribution in [2.75, 3.05) is 37.6 Å². The predicted molar refractivity (Wildman–Crippen MR) is 133 cm³/mol. The van der Waals surface area contributed by atoms with Gasteiger partial charge >= 0.3 is 0 Å². The molecular formula is C26H26N8O2. The van der Waals surface area contributed by atoms with E-state index in [0.717, 1.165) is 34.4 Å². The number of hydrogen-bond donors (Lipinski definition) is 1. The molecule has 2 aliphatic heterocycles. The van der Waals surface area contributed by atoms with Gasteiger partial charge in [0.05, 0.1) is 18.8 Å².